The van der Waals surface area contributed by atoms with Gasteiger partial charge in [0.15, 0.2) is 0 Å². The second-order valence-electron chi connectivity index (χ2n) is 15.4. The Morgan fingerprint density at radius 2 is 1.07 bits per heavy atom. The first-order valence-electron chi connectivity index (χ1n) is 22.8. The molecule has 0 aromatic heterocycles. The summed E-state index contributed by atoms with van der Waals surface area (Å²) in [4.78, 5) is 22.7. The third-order valence-corrected chi connectivity index (χ3v) is 10.9. The van der Waals surface area contributed by atoms with E-state index in [2.05, 4.69) is 55.6 Å². The molecule has 0 saturated carbocycles. The van der Waals surface area contributed by atoms with Gasteiger partial charge in [0.1, 0.15) is 0 Å². The van der Waals surface area contributed by atoms with Gasteiger partial charge in [-0.05, 0) is 64.2 Å². The SMILES string of the molecule is CCCCCCCCC/C=C/CC/C=C/C(O)C(COP(=O)(O)OCCN)NC(=O)CC(O)CCCCCCC/C=C\C/C=C\CCCCCCCCCCC. The monoisotopic (exact) mass is 811 g/mol. The number of carbonyl (C=O) groups excluding carboxylic acids is 1. The highest BCUT2D eigenvalue weighted by Crippen LogP contribution is 2.43. The van der Waals surface area contributed by atoms with Gasteiger partial charge in [0.05, 0.1) is 37.9 Å². The predicted molar refractivity (Wildman–Crippen MR) is 237 cm³/mol. The fraction of sp³-hybridized carbons (Fsp3) is 0.804. The standard InChI is InChI=1S/C46H87N2O7P/c1-3-5-7-9-11-13-15-17-18-19-20-21-22-23-24-26-27-29-31-33-35-37-43(49)41-46(51)48-44(42-55-56(52,53)54-40-39-47)45(50)38-36-34-32-30-28-25-16-14-12-10-8-6-4-2/h20-21,23-24,28,30,36,38,43-45,49-50H,3-19,22,25-27,29,31-35,37,39-42,47H2,1-2H3,(H,48,51)(H,52,53)/b21-20-,24-23-,30-28+,38-36+. The number of aliphatic hydroxyl groups is 2. The van der Waals surface area contributed by atoms with Crippen LogP contribution in [0.4, 0.5) is 0 Å². The molecular weight excluding hydrogens is 723 g/mol. The van der Waals surface area contributed by atoms with Gasteiger partial charge in [-0.3, -0.25) is 13.8 Å². The smallest absolute Gasteiger partial charge is 0.393 e. The zero-order valence-electron chi connectivity index (χ0n) is 36.0. The van der Waals surface area contributed by atoms with Crippen molar-refractivity contribution in [2.45, 2.75) is 218 Å². The first-order valence-corrected chi connectivity index (χ1v) is 24.3. The molecule has 0 saturated heterocycles. The molecular formula is C46H87N2O7P. The van der Waals surface area contributed by atoms with Crippen LogP contribution < -0.4 is 11.1 Å². The van der Waals surface area contributed by atoms with Gasteiger partial charge in [-0.15, -0.1) is 0 Å². The molecule has 0 heterocycles. The van der Waals surface area contributed by atoms with Gasteiger partial charge in [-0.2, -0.15) is 0 Å². The Morgan fingerprint density at radius 3 is 1.59 bits per heavy atom. The van der Waals surface area contributed by atoms with Crippen LogP contribution in [0.25, 0.3) is 0 Å². The van der Waals surface area contributed by atoms with Crippen molar-refractivity contribution >= 4 is 13.7 Å². The van der Waals surface area contributed by atoms with Crippen molar-refractivity contribution in [1.29, 1.82) is 0 Å². The van der Waals surface area contributed by atoms with Crippen LogP contribution in [-0.2, 0) is 18.4 Å². The maximum Gasteiger partial charge on any atom is 0.472 e. The summed E-state index contributed by atoms with van der Waals surface area (Å²) >= 11 is 0. The largest absolute Gasteiger partial charge is 0.472 e. The van der Waals surface area contributed by atoms with Crippen LogP contribution in [0.15, 0.2) is 48.6 Å². The molecule has 9 nitrogen and oxygen atoms in total. The van der Waals surface area contributed by atoms with Crippen molar-refractivity contribution in [3.05, 3.63) is 48.6 Å². The van der Waals surface area contributed by atoms with Crippen molar-refractivity contribution in [3.8, 4) is 0 Å². The fourth-order valence-corrected chi connectivity index (χ4v) is 7.22. The number of aliphatic hydroxyl groups excluding tert-OH is 2. The minimum absolute atomic E-state index is 0.0414. The molecule has 4 atom stereocenters. The predicted octanol–water partition coefficient (Wildman–Crippen LogP) is 11.9. The van der Waals surface area contributed by atoms with Gasteiger partial charge in [-0.1, -0.05) is 178 Å². The molecule has 10 heteroatoms. The number of allylic oxidation sites excluding steroid dienone is 7. The number of nitrogens with two attached hydrogens (primary N) is 1. The Labute approximate surface area is 344 Å². The number of unbranched alkanes of at least 4 members (excludes halogenated alkanes) is 22. The minimum Gasteiger partial charge on any atom is -0.393 e. The maximum atomic E-state index is 12.8. The summed E-state index contributed by atoms with van der Waals surface area (Å²) < 4.78 is 22.1. The van der Waals surface area contributed by atoms with Gasteiger partial charge >= 0.3 is 7.82 Å². The second kappa shape index (κ2) is 41.6. The summed E-state index contributed by atoms with van der Waals surface area (Å²) in [5, 5.41) is 24.0. The lowest BCUT2D eigenvalue weighted by molar-refractivity contribution is -0.124. The van der Waals surface area contributed by atoms with E-state index in [1.54, 1.807) is 6.08 Å². The third kappa shape index (κ3) is 39.3. The van der Waals surface area contributed by atoms with Crippen LogP contribution in [0.3, 0.4) is 0 Å². The molecule has 1 amide bonds. The molecule has 4 unspecified atom stereocenters. The van der Waals surface area contributed by atoms with Gasteiger partial charge in [0.25, 0.3) is 0 Å². The van der Waals surface area contributed by atoms with Crippen LogP contribution >= 0.6 is 7.82 Å². The molecule has 0 aromatic rings. The first-order chi connectivity index (χ1) is 27.3. The Kier molecular flexibility index (Phi) is 40.4. The van der Waals surface area contributed by atoms with E-state index < -0.39 is 38.6 Å². The number of phosphoric ester groups is 1. The van der Waals surface area contributed by atoms with Crippen molar-refractivity contribution < 1.29 is 33.5 Å². The van der Waals surface area contributed by atoms with Crippen LogP contribution in [0.5, 0.6) is 0 Å². The summed E-state index contributed by atoms with van der Waals surface area (Å²) in [5.41, 5.74) is 5.36. The lowest BCUT2D eigenvalue weighted by Gasteiger charge is -2.24. The van der Waals surface area contributed by atoms with Crippen LogP contribution in [0.2, 0.25) is 0 Å². The number of hydrogen-bond acceptors (Lipinski definition) is 7. The molecule has 0 rings (SSSR count). The Morgan fingerprint density at radius 1 is 0.625 bits per heavy atom. The number of amides is 1. The summed E-state index contributed by atoms with van der Waals surface area (Å²) in [5.74, 6) is -0.465. The van der Waals surface area contributed by atoms with E-state index in [1.165, 1.54) is 109 Å². The lowest BCUT2D eigenvalue weighted by Crippen LogP contribution is -2.46. The molecule has 0 aliphatic heterocycles. The summed E-state index contributed by atoms with van der Waals surface area (Å²) in [6, 6.07) is -1.00. The van der Waals surface area contributed by atoms with E-state index in [4.69, 9.17) is 14.8 Å². The van der Waals surface area contributed by atoms with Crippen molar-refractivity contribution in [2.24, 2.45) is 5.73 Å². The number of rotatable bonds is 42. The molecule has 6 N–H and O–H groups in total. The van der Waals surface area contributed by atoms with E-state index in [0.717, 1.165) is 57.8 Å². The van der Waals surface area contributed by atoms with Crippen LogP contribution in [-0.4, -0.2) is 59.0 Å². The average Bonchev–Trinajstić information content (AvgIpc) is 3.17. The van der Waals surface area contributed by atoms with Crippen molar-refractivity contribution in [3.63, 3.8) is 0 Å². The number of nitrogens with one attached hydrogen (secondary N) is 1. The van der Waals surface area contributed by atoms with E-state index in [1.807, 2.05) is 6.08 Å². The molecule has 0 fully saturated rings. The van der Waals surface area contributed by atoms with E-state index in [0.29, 0.717) is 12.8 Å². The molecule has 328 valence electrons. The highest BCUT2D eigenvalue weighted by atomic mass is 31.2. The Balaban J connectivity index is 4.30. The Hall–Kier alpha value is -1.58. The summed E-state index contributed by atoms with van der Waals surface area (Å²) in [6.07, 6.45) is 47.7. The second-order valence-corrected chi connectivity index (χ2v) is 16.9. The molecule has 0 aromatic carbocycles. The molecule has 0 bridgehead atoms. The average molecular weight is 811 g/mol. The van der Waals surface area contributed by atoms with Gasteiger partial charge in [-0.25, -0.2) is 4.57 Å². The van der Waals surface area contributed by atoms with Gasteiger partial charge in [0.2, 0.25) is 5.91 Å². The highest BCUT2D eigenvalue weighted by Gasteiger charge is 2.27. The van der Waals surface area contributed by atoms with Gasteiger partial charge in [0, 0.05) is 6.54 Å². The van der Waals surface area contributed by atoms with Crippen molar-refractivity contribution in [2.75, 3.05) is 19.8 Å². The van der Waals surface area contributed by atoms with E-state index in [-0.39, 0.29) is 19.6 Å². The summed E-state index contributed by atoms with van der Waals surface area (Å²) in [6.45, 7) is 3.93. The molecule has 0 radical (unpaired) electrons. The minimum atomic E-state index is -4.41. The summed E-state index contributed by atoms with van der Waals surface area (Å²) in [7, 11) is -4.41. The zero-order valence-corrected chi connectivity index (χ0v) is 36.9. The Bertz CT molecular complexity index is 1030. The molecule has 0 spiro atoms. The van der Waals surface area contributed by atoms with Crippen LogP contribution in [0, 0.1) is 0 Å². The quantitative estimate of drug-likeness (QED) is 0.0232. The third-order valence-electron chi connectivity index (χ3n) is 9.93. The van der Waals surface area contributed by atoms with E-state index in [9.17, 15) is 24.5 Å². The zero-order chi connectivity index (χ0) is 41.2. The topological polar surface area (TPSA) is 151 Å². The highest BCUT2D eigenvalue weighted by molar-refractivity contribution is 7.47. The molecule has 56 heavy (non-hydrogen) atoms. The van der Waals surface area contributed by atoms with Crippen LogP contribution in [0.1, 0.15) is 200 Å². The molecule has 0 aliphatic carbocycles. The number of hydrogen-bond donors (Lipinski definition) is 5. The molecule has 0 aliphatic rings. The fourth-order valence-electron chi connectivity index (χ4n) is 6.46. The number of phosphoric acid groups is 1. The van der Waals surface area contributed by atoms with Crippen molar-refractivity contribution in [1.82, 2.24) is 5.32 Å². The van der Waals surface area contributed by atoms with E-state index >= 15 is 0 Å². The first kappa shape index (κ1) is 54.4. The number of carbonyl (C=O) groups is 1. The normalized spacial score (nSPS) is 15.0. The van der Waals surface area contributed by atoms with Gasteiger partial charge < -0.3 is 26.2 Å². The lowest BCUT2D eigenvalue weighted by atomic mass is 10.0. The maximum absolute atomic E-state index is 12.8.